The molecule has 0 spiro atoms. The lowest BCUT2D eigenvalue weighted by Crippen LogP contribution is -1.95. The van der Waals surface area contributed by atoms with Crippen LogP contribution in [0.2, 0.25) is 0 Å². The summed E-state index contributed by atoms with van der Waals surface area (Å²) in [7, 11) is 3.48. The van der Waals surface area contributed by atoms with E-state index in [-0.39, 0.29) is 0 Å². The van der Waals surface area contributed by atoms with Gasteiger partial charge in [-0.25, -0.2) is 0 Å². The van der Waals surface area contributed by atoms with Gasteiger partial charge in [-0.05, 0) is 30.3 Å². The van der Waals surface area contributed by atoms with E-state index in [4.69, 9.17) is 9.47 Å². The summed E-state index contributed by atoms with van der Waals surface area (Å²) >= 11 is 0. The smallest absolute Gasteiger partial charge is 0.246 e. The lowest BCUT2D eigenvalue weighted by Gasteiger charge is -2.09. The van der Waals surface area contributed by atoms with Crippen LogP contribution < -0.4 is 9.47 Å². The predicted molar refractivity (Wildman–Crippen MR) is 94.8 cm³/mol. The zero-order valence-electron chi connectivity index (χ0n) is 13.9. The lowest BCUT2D eigenvalue weighted by atomic mass is 10.0. The molecule has 0 aliphatic heterocycles. The van der Waals surface area contributed by atoms with E-state index in [1.807, 2.05) is 55.6 Å². The molecule has 0 radical (unpaired) electrons. The van der Waals surface area contributed by atoms with Gasteiger partial charge in [0.2, 0.25) is 5.88 Å². The summed E-state index contributed by atoms with van der Waals surface area (Å²) in [5.41, 5.74) is 1.77. The minimum absolute atomic E-state index is 0.459. The number of aromatic nitrogens is 4. The molecule has 6 heteroatoms. The monoisotopic (exact) mass is 332 g/mol. The highest BCUT2D eigenvalue weighted by molar-refractivity contribution is 5.97. The Balaban J connectivity index is 1.80. The molecule has 2 heterocycles. The standard InChI is InChI=1S/C19H16N4O2/c1-23-12-15(11-20-23)25-19-17-6-4-3-5-16(17)18(21-22-19)13-7-9-14(24-2)10-8-13/h3-12H,1-2H3. The zero-order valence-corrected chi connectivity index (χ0v) is 13.9. The highest BCUT2D eigenvalue weighted by atomic mass is 16.5. The van der Waals surface area contributed by atoms with Gasteiger partial charge in [-0.2, -0.15) is 5.10 Å². The van der Waals surface area contributed by atoms with Crippen molar-refractivity contribution < 1.29 is 9.47 Å². The van der Waals surface area contributed by atoms with Crippen molar-refractivity contribution in [3.63, 3.8) is 0 Å². The highest BCUT2D eigenvalue weighted by Crippen LogP contribution is 2.33. The second-order valence-electron chi connectivity index (χ2n) is 5.58. The fourth-order valence-electron chi connectivity index (χ4n) is 2.68. The molecule has 2 aromatic carbocycles. The minimum Gasteiger partial charge on any atom is -0.497 e. The third kappa shape index (κ3) is 2.89. The zero-order chi connectivity index (χ0) is 17.2. The van der Waals surface area contributed by atoms with Crippen molar-refractivity contribution in [3.05, 3.63) is 60.9 Å². The topological polar surface area (TPSA) is 62.1 Å². The Morgan fingerprint density at radius 1 is 0.880 bits per heavy atom. The third-order valence-corrected chi connectivity index (χ3v) is 3.91. The van der Waals surface area contributed by atoms with Crippen LogP contribution in [-0.4, -0.2) is 27.1 Å². The van der Waals surface area contributed by atoms with E-state index in [2.05, 4.69) is 15.3 Å². The summed E-state index contributed by atoms with van der Waals surface area (Å²) in [6.45, 7) is 0. The summed E-state index contributed by atoms with van der Waals surface area (Å²) < 4.78 is 12.8. The summed E-state index contributed by atoms with van der Waals surface area (Å²) in [4.78, 5) is 0. The Morgan fingerprint density at radius 3 is 2.32 bits per heavy atom. The van der Waals surface area contributed by atoms with Crippen molar-refractivity contribution >= 4 is 10.8 Å². The first kappa shape index (κ1) is 15.1. The van der Waals surface area contributed by atoms with Crippen molar-refractivity contribution in [2.45, 2.75) is 0 Å². The number of hydrogen-bond donors (Lipinski definition) is 0. The van der Waals surface area contributed by atoms with E-state index in [1.54, 1.807) is 24.2 Å². The quantitative estimate of drug-likeness (QED) is 0.568. The van der Waals surface area contributed by atoms with E-state index in [0.29, 0.717) is 11.6 Å². The molecule has 4 aromatic rings. The first-order chi connectivity index (χ1) is 12.2. The molecule has 0 bridgehead atoms. The van der Waals surface area contributed by atoms with E-state index >= 15 is 0 Å². The van der Waals surface area contributed by atoms with E-state index in [1.165, 1.54) is 0 Å². The molecule has 0 aliphatic rings. The molecule has 0 saturated heterocycles. The summed E-state index contributed by atoms with van der Waals surface area (Å²) in [6.07, 6.45) is 3.43. The lowest BCUT2D eigenvalue weighted by molar-refractivity contribution is 0.415. The number of hydrogen-bond acceptors (Lipinski definition) is 5. The maximum Gasteiger partial charge on any atom is 0.246 e. The Morgan fingerprint density at radius 2 is 1.64 bits per heavy atom. The molecule has 2 aromatic heterocycles. The molecule has 0 atom stereocenters. The van der Waals surface area contributed by atoms with Crippen LogP contribution in [-0.2, 0) is 7.05 Å². The number of aryl methyl sites for hydroxylation is 1. The Bertz CT molecular complexity index is 1030. The molecular formula is C19H16N4O2. The number of benzene rings is 2. The molecule has 0 saturated carbocycles. The second kappa shape index (κ2) is 6.24. The predicted octanol–water partition coefficient (Wildman–Crippen LogP) is 3.83. The van der Waals surface area contributed by atoms with Crippen LogP contribution in [0.15, 0.2) is 60.9 Å². The van der Waals surface area contributed by atoms with Gasteiger partial charge in [0.15, 0.2) is 5.75 Å². The molecule has 4 rings (SSSR count). The first-order valence-electron chi connectivity index (χ1n) is 7.81. The molecular weight excluding hydrogens is 316 g/mol. The largest absolute Gasteiger partial charge is 0.497 e. The van der Waals surface area contributed by atoms with E-state index < -0.39 is 0 Å². The Labute approximate surface area is 144 Å². The minimum atomic E-state index is 0.459. The van der Waals surface area contributed by atoms with Crippen LogP contribution in [0.25, 0.3) is 22.0 Å². The second-order valence-corrected chi connectivity index (χ2v) is 5.58. The maximum atomic E-state index is 5.86. The average molecular weight is 332 g/mol. The molecule has 0 unspecified atom stereocenters. The number of methoxy groups -OCH3 is 1. The number of ether oxygens (including phenoxy) is 2. The number of nitrogens with zero attached hydrogens (tertiary/aromatic N) is 4. The van der Waals surface area contributed by atoms with Crippen molar-refractivity contribution in [1.29, 1.82) is 0 Å². The van der Waals surface area contributed by atoms with Gasteiger partial charge in [-0.3, -0.25) is 4.68 Å². The third-order valence-electron chi connectivity index (χ3n) is 3.91. The van der Waals surface area contributed by atoms with E-state index in [0.717, 1.165) is 27.8 Å². The fourth-order valence-corrected chi connectivity index (χ4v) is 2.68. The van der Waals surface area contributed by atoms with Crippen molar-refractivity contribution in [1.82, 2.24) is 20.0 Å². The van der Waals surface area contributed by atoms with Gasteiger partial charge >= 0.3 is 0 Å². The first-order valence-corrected chi connectivity index (χ1v) is 7.81. The van der Waals surface area contributed by atoms with E-state index in [9.17, 15) is 0 Å². The van der Waals surface area contributed by atoms with Crippen LogP contribution in [0.5, 0.6) is 17.4 Å². The Hall–Kier alpha value is -3.41. The molecule has 0 fully saturated rings. The maximum absolute atomic E-state index is 5.86. The number of rotatable bonds is 4. The molecule has 0 N–H and O–H groups in total. The van der Waals surface area contributed by atoms with Crippen molar-refractivity contribution in [2.24, 2.45) is 7.05 Å². The van der Waals surface area contributed by atoms with Crippen molar-refractivity contribution in [2.75, 3.05) is 7.11 Å². The van der Waals surface area contributed by atoms with Crippen LogP contribution in [0, 0.1) is 0 Å². The number of fused-ring (bicyclic) bond motifs is 1. The van der Waals surface area contributed by atoms with Gasteiger partial charge in [0, 0.05) is 23.4 Å². The van der Waals surface area contributed by atoms with Crippen LogP contribution in [0.4, 0.5) is 0 Å². The highest BCUT2D eigenvalue weighted by Gasteiger charge is 2.13. The molecule has 0 aliphatic carbocycles. The fraction of sp³-hybridized carbons (Fsp3) is 0.105. The normalized spacial score (nSPS) is 10.8. The molecule has 6 nitrogen and oxygen atoms in total. The van der Waals surface area contributed by atoms with Gasteiger partial charge in [0.05, 0.1) is 19.5 Å². The summed E-state index contributed by atoms with van der Waals surface area (Å²) in [6, 6.07) is 15.7. The molecule has 124 valence electrons. The molecule has 0 amide bonds. The summed E-state index contributed by atoms with van der Waals surface area (Å²) in [5, 5.41) is 14.7. The summed E-state index contributed by atoms with van der Waals surface area (Å²) in [5.74, 6) is 1.89. The Kier molecular flexibility index (Phi) is 3.78. The van der Waals surface area contributed by atoms with Crippen LogP contribution >= 0.6 is 0 Å². The van der Waals surface area contributed by atoms with Crippen LogP contribution in [0.3, 0.4) is 0 Å². The van der Waals surface area contributed by atoms with Gasteiger partial charge in [-0.1, -0.05) is 18.2 Å². The van der Waals surface area contributed by atoms with Crippen molar-refractivity contribution in [3.8, 4) is 28.6 Å². The van der Waals surface area contributed by atoms with Gasteiger partial charge in [-0.15, -0.1) is 10.2 Å². The van der Waals surface area contributed by atoms with Gasteiger partial charge in [0.1, 0.15) is 11.4 Å². The average Bonchev–Trinajstić information content (AvgIpc) is 3.07. The van der Waals surface area contributed by atoms with Gasteiger partial charge in [0.25, 0.3) is 0 Å². The van der Waals surface area contributed by atoms with Crippen LogP contribution in [0.1, 0.15) is 0 Å². The molecule has 25 heavy (non-hydrogen) atoms. The van der Waals surface area contributed by atoms with Gasteiger partial charge < -0.3 is 9.47 Å². The SMILES string of the molecule is COc1ccc(-c2nnc(Oc3cnn(C)c3)c3ccccc23)cc1.